The molecular weight excluding hydrogens is 280 g/mol. The molecule has 1 unspecified atom stereocenters. The lowest BCUT2D eigenvalue weighted by Gasteiger charge is -2.28. The average molecular weight is 311 g/mol. The summed E-state index contributed by atoms with van der Waals surface area (Å²) in [6, 6.07) is 0.746. The van der Waals surface area contributed by atoms with E-state index in [1.165, 1.54) is 23.4 Å². The molecule has 21 heavy (non-hydrogen) atoms. The van der Waals surface area contributed by atoms with Crippen LogP contribution in [0.25, 0.3) is 0 Å². The standard InChI is InChI=1S/C17H30N2OS/c1-6-8-13-14(11-18-12-9-10-12)21-16(19-13)15(20-7-2)17(3,4)5/h12,15,18H,6-11H2,1-5H3. The van der Waals surface area contributed by atoms with Gasteiger partial charge in [0.15, 0.2) is 0 Å². The molecule has 0 saturated heterocycles. The molecule has 2 rings (SSSR count). The molecule has 0 aliphatic heterocycles. The molecule has 1 aromatic rings. The van der Waals surface area contributed by atoms with Crippen molar-refractivity contribution in [3.05, 3.63) is 15.6 Å². The molecular formula is C17H30N2OS. The van der Waals surface area contributed by atoms with Gasteiger partial charge in [-0.15, -0.1) is 11.3 Å². The van der Waals surface area contributed by atoms with Gasteiger partial charge in [-0.2, -0.15) is 0 Å². The van der Waals surface area contributed by atoms with E-state index in [0.717, 1.165) is 37.0 Å². The van der Waals surface area contributed by atoms with E-state index in [9.17, 15) is 0 Å². The Morgan fingerprint density at radius 3 is 2.57 bits per heavy atom. The predicted octanol–water partition coefficient (Wildman–Crippen LogP) is 4.47. The Hall–Kier alpha value is -0.450. The lowest BCUT2D eigenvalue weighted by molar-refractivity contribution is -0.0134. The van der Waals surface area contributed by atoms with Crippen molar-refractivity contribution in [2.45, 2.75) is 79.0 Å². The maximum Gasteiger partial charge on any atom is 0.123 e. The molecule has 120 valence electrons. The van der Waals surface area contributed by atoms with E-state index in [0.29, 0.717) is 0 Å². The second-order valence-electron chi connectivity index (χ2n) is 7.03. The van der Waals surface area contributed by atoms with Gasteiger partial charge in [0, 0.05) is 24.1 Å². The monoisotopic (exact) mass is 310 g/mol. The molecule has 0 radical (unpaired) electrons. The van der Waals surface area contributed by atoms with Gasteiger partial charge in [-0.05, 0) is 31.6 Å². The van der Waals surface area contributed by atoms with Crippen molar-refractivity contribution in [2.75, 3.05) is 6.61 Å². The lowest BCUT2D eigenvalue weighted by Crippen LogP contribution is -2.21. The summed E-state index contributed by atoms with van der Waals surface area (Å²) in [6.07, 6.45) is 4.98. The second kappa shape index (κ2) is 7.21. The molecule has 1 N–H and O–H groups in total. The molecule has 1 aliphatic carbocycles. The summed E-state index contributed by atoms with van der Waals surface area (Å²) in [6.45, 7) is 12.7. The summed E-state index contributed by atoms with van der Waals surface area (Å²) < 4.78 is 6.00. The molecule has 4 heteroatoms. The Balaban J connectivity index is 2.18. The fourth-order valence-corrected chi connectivity index (χ4v) is 3.83. The highest BCUT2D eigenvalue weighted by atomic mass is 32.1. The van der Waals surface area contributed by atoms with Crippen LogP contribution < -0.4 is 5.32 Å². The van der Waals surface area contributed by atoms with Crippen LogP contribution in [0.15, 0.2) is 0 Å². The van der Waals surface area contributed by atoms with Crippen LogP contribution >= 0.6 is 11.3 Å². The summed E-state index contributed by atoms with van der Waals surface area (Å²) in [5.41, 5.74) is 1.36. The molecule has 0 bridgehead atoms. The minimum Gasteiger partial charge on any atom is -0.371 e. The highest BCUT2D eigenvalue weighted by Crippen LogP contribution is 2.39. The van der Waals surface area contributed by atoms with E-state index < -0.39 is 0 Å². The zero-order chi connectivity index (χ0) is 15.5. The fraction of sp³-hybridized carbons (Fsp3) is 0.824. The normalized spacial score (nSPS) is 17.2. The van der Waals surface area contributed by atoms with Gasteiger partial charge >= 0.3 is 0 Å². The molecule has 0 spiro atoms. The number of ether oxygens (including phenoxy) is 1. The molecule has 0 aromatic carbocycles. The molecule has 1 aliphatic rings. The Bertz CT molecular complexity index is 446. The van der Waals surface area contributed by atoms with Gasteiger partial charge < -0.3 is 10.1 Å². The number of rotatable bonds is 8. The first-order valence-electron chi connectivity index (χ1n) is 8.29. The third-order valence-electron chi connectivity index (χ3n) is 3.75. The molecule has 1 atom stereocenters. The van der Waals surface area contributed by atoms with Gasteiger partial charge in [-0.1, -0.05) is 34.1 Å². The van der Waals surface area contributed by atoms with Crippen molar-refractivity contribution in [1.82, 2.24) is 10.3 Å². The summed E-state index contributed by atoms with van der Waals surface area (Å²) in [5, 5.41) is 4.78. The smallest absolute Gasteiger partial charge is 0.123 e. The van der Waals surface area contributed by atoms with Crippen molar-refractivity contribution >= 4 is 11.3 Å². The van der Waals surface area contributed by atoms with E-state index in [1.807, 2.05) is 11.3 Å². The quantitative estimate of drug-likeness (QED) is 0.769. The first-order chi connectivity index (χ1) is 9.95. The van der Waals surface area contributed by atoms with Crippen molar-refractivity contribution in [2.24, 2.45) is 5.41 Å². The second-order valence-corrected chi connectivity index (χ2v) is 8.14. The van der Waals surface area contributed by atoms with Crippen LogP contribution in [0.2, 0.25) is 0 Å². The summed E-state index contributed by atoms with van der Waals surface area (Å²) in [5.74, 6) is 0. The van der Waals surface area contributed by atoms with Crippen LogP contribution in [0.3, 0.4) is 0 Å². The zero-order valence-corrected chi connectivity index (χ0v) is 15.0. The largest absolute Gasteiger partial charge is 0.371 e. The summed E-state index contributed by atoms with van der Waals surface area (Å²) in [7, 11) is 0. The number of thiazole rings is 1. The highest BCUT2D eigenvalue weighted by molar-refractivity contribution is 7.11. The van der Waals surface area contributed by atoms with Gasteiger partial charge in [0.05, 0.1) is 5.69 Å². The van der Waals surface area contributed by atoms with E-state index in [4.69, 9.17) is 9.72 Å². The number of hydrogen-bond acceptors (Lipinski definition) is 4. The van der Waals surface area contributed by atoms with Crippen molar-refractivity contribution in [3.63, 3.8) is 0 Å². The SMILES string of the molecule is CCCc1nc(C(OCC)C(C)(C)C)sc1CNC1CC1. The van der Waals surface area contributed by atoms with E-state index in [1.54, 1.807) is 0 Å². The third-order valence-corrected chi connectivity index (χ3v) is 4.90. The first kappa shape index (κ1) is 16.9. The van der Waals surface area contributed by atoms with Crippen LogP contribution in [-0.2, 0) is 17.7 Å². The minimum atomic E-state index is 0.0819. The third kappa shape index (κ3) is 4.76. The average Bonchev–Trinajstić information content (AvgIpc) is 3.15. The van der Waals surface area contributed by atoms with Crippen LogP contribution in [0.4, 0.5) is 0 Å². The highest BCUT2D eigenvalue weighted by Gasteiger charge is 2.31. The van der Waals surface area contributed by atoms with Crippen LogP contribution in [0.1, 0.15) is 75.6 Å². The maximum atomic E-state index is 6.00. The molecule has 0 amide bonds. The van der Waals surface area contributed by atoms with Crippen LogP contribution in [-0.4, -0.2) is 17.6 Å². The van der Waals surface area contributed by atoms with Gasteiger partial charge in [-0.3, -0.25) is 0 Å². The fourth-order valence-electron chi connectivity index (χ4n) is 2.47. The molecule has 1 heterocycles. The molecule has 1 fully saturated rings. The molecule has 3 nitrogen and oxygen atoms in total. The van der Waals surface area contributed by atoms with Crippen LogP contribution in [0, 0.1) is 5.41 Å². The van der Waals surface area contributed by atoms with Gasteiger partial charge in [-0.25, -0.2) is 4.98 Å². The number of nitrogens with one attached hydrogen (secondary N) is 1. The van der Waals surface area contributed by atoms with Crippen molar-refractivity contribution in [3.8, 4) is 0 Å². The van der Waals surface area contributed by atoms with E-state index in [2.05, 4.69) is 39.9 Å². The first-order valence-corrected chi connectivity index (χ1v) is 9.10. The molecule has 1 saturated carbocycles. The number of aromatic nitrogens is 1. The zero-order valence-electron chi connectivity index (χ0n) is 14.2. The van der Waals surface area contributed by atoms with E-state index in [-0.39, 0.29) is 11.5 Å². The number of nitrogens with zero attached hydrogens (tertiary/aromatic N) is 1. The summed E-state index contributed by atoms with van der Waals surface area (Å²) >= 11 is 1.85. The lowest BCUT2D eigenvalue weighted by atomic mass is 9.89. The van der Waals surface area contributed by atoms with E-state index >= 15 is 0 Å². The number of aryl methyl sites for hydroxylation is 1. The topological polar surface area (TPSA) is 34.1 Å². The maximum absolute atomic E-state index is 6.00. The summed E-state index contributed by atoms with van der Waals surface area (Å²) in [4.78, 5) is 6.35. The van der Waals surface area contributed by atoms with Gasteiger partial charge in [0.2, 0.25) is 0 Å². The minimum absolute atomic E-state index is 0.0819. The Morgan fingerprint density at radius 2 is 2.05 bits per heavy atom. The van der Waals surface area contributed by atoms with Crippen molar-refractivity contribution in [1.29, 1.82) is 0 Å². The number of hydrogen-bond donors (Lipinski definition) is 1. The van der Waals surface area contributed by atoms with Crippen molar-refractivity contribution < 1.29 is 4.74 Å². The van der Waals surface area contributed by atoms with Gasteiger partial charge in [0.1, 0.15) is 11.1 Å². The Kier molecular flexibility index (Phi) is 5.81. The Morgan fingerprint density at radius 1 is 1.33 bits per heavy atom. The molecule has 1 aromatic heterocycles. The van der Waals surface area contributed by atoms with Crippen LogP contribution in [0.5, 0.6) is 0 Å². The van der Waals surface area contributed by atoms with Gasteiger partial charge in [0.25, 0.3) is 0 Å². The Labute approximate surface area is 133 Å². The predicted molar refractivity (Wildman–Crippen MR) is 89.8 cm³/mol.